The Kier molecular flexibility index (Phi) is 11.0. The van der Waals surface area contributed by atoms with E-state index < -0.39 is 18.1 Å². The molecule has 2 atom stereocenters. The standard InChI is InChI=1S/C30H45N3O4/c1-5-6-7-8-11-21-14-16-22(17-15-21)28(34)32-26(29(35)33-27(20(2)3)30(36)37-4)18-23-19-31-25-13-10-9-12-24(23)25/h9-10,12-13,19-22,26-27,31H,5-8,11,14-18H2,1-4H3,(H,32,34)(H,33,35)/t21?,22?,26-,27-/m1/s1. The number of esters is 1. The van der Waals surface area contributed by atoms with Crippen molar-refractivity contribution in [3.63, 3.8) is 0 Å². The van der Waals surface area contributed by atoms with Crippen molar-refractivity contribution in [2.24, 2.45) is 17.8 Å². The summed E-state index contributed by atoms with van der Waals surface area (Å²) in [5.74, 6) is -0.438. The molecule has 3 N–H and O–H groups in total. The molecular formula is C30H45N3O4. The van der Waals surface area contributed by atoms with Gasteiger partial charge in [-0.3, -0.25) is 9.59 Å². The highest BCUT2D eigenvalue weighted by atomic mass is 16.5. The number of nitrogens with one attached hydrogen (secondary N) is 3. The first-order valence-corrected chi connectivity index (χ1v) is 14.1. The first-order valence-electron chi connectivity index (χ1n) is 14.1. The molecule has 1 aliphatic carbocycles. The van der Waals surface area contributed by atoms with Crippen LogP contribution in [-0.2, 0) is 25.5 Å². The van der Waals surface area contributed by atoms with Gasteiger partial charge in [0, 0.05) is 29.4 Å². The lowest BCUT2D eigenvalue weighted by molar-refractivity contribution is -0.146. The highest BCUT2D eigenvalue weighted by molar-refractivity contribution is 5.92. The van der Waals surface area contributed by atoms with Crippen molar-refractivity contribution in [1.82, 2.24) is 15.6 Å². The molecule has 1 aromatic heterocycles. The Morgan fingerprint density at radius 3 is 2.43 bits per heavy atom. The van der Waals surface area contributed by atoms with E-state index in [1.165, 1.54) is 39.2 Å². The number of benzene rings is 1. The van der Waals surface area contributed by atoms with E-state index in [0.29, 0.717) is 12.3 Å². The molecular weight excluding hydrogens is 466 g/mol. The molecule has 0 unspecified atom stereocenters. The maximum Gasteiger partial charge on any atom is 0.328 e. The third kappa shape index (κ3) is 8.08. The van der Waals surface area contributed by atoms with Crippen LogP contribution in [0.15, 0.2) is 30.5 Å². The van der Waals surface area contributed by atoms with Crippen LogP contribution in [0, 0.1) is 17.8 Å². The van der Waals surface area contributed by atoms with Crippen molar-refractivity contribution >= 4 is 28.7 Å². The molecule has 7 heteroatoms. The normalized spacial score (nSPS) is 19.4. The molecule has 204 valence electrons. The lowest BCUT2D eigenvalue weighted by Crippen LogP contribution is -2.55. The molecule has 37 heavy (non-hydrogen) atoms. The molecule has 0 saturated heterocycles. The number of H-pyrrole nitrogens is 1. The first kappa shape index (κ1) is 28.7. The summed E-state index contributed by atoms with van der Waals surface area (Å²) in [7, 11) is 1.31. The maximum absolute atomic E-state index is 13.4. The molecule has 0 spiro atoms. The molecule has 2 aromatic rings. The number of para-hydroxylation sites is 1. The lowest BCUT2D eigenvalue weighted by atomic mass is 9.79. The fourth-order valence-corrected chi connectivity index (χ4v) is 5.47. The van der Waals surface area contributed by atoms with Gasteiger partial charge in [-0.15, -0.1) is 0 Å². The number of fused-ring (bicyclic) bond motifs is 1. The van der Waals surface area contributed by atoms with Gasteiger partial charge in [-0.2, -0.15) is 0 Å². The zero-order valence-corrected chi connectivity index (χ0v) is 23.0. The van der Waals surface area contributed by atoms with Crippen molar-refractivity contribution in [2.45, 2.75) is 97.1 Å². The smallest absolute Gasteiger partial charge is 0.328 e. The van der Waals surface area contributed by atoms with Gasteiger partial charge < -0.3 is 20.4 Å². The summed E-state index contributed by atoms with van der Waals surface area (Å²) in [6.07, 6.45) is 12.5. The number of unbranched alkanes of at least 4 members (excludes halogenated alkanes) is 3. The molecule has 3 rings (SSSR count). The fraction of sp³-hybridized carbons (Fsp3) is 0.633. The molecule has 1 aliphatic rings. The maximum atomic E-state index is 13.4. The summed E-state index contributed by atoms with van der Waals surface area (Å²) in [6.45, 7) is 5.94. The van der Waals surface area contributed by atoms with Crippen molar-refractivity contribution in [2.75, 3.05) is 7.11 Å². The van der Waals surface area contributed by atoms with Crippen LogP contribution in [0.1, 0.15) is 84.1 Å². The summed E-state index contributed by atoms with van der Waals surface area (Å²) in [4.78, 5) is 42.3. The number of ether oxygens (including phenoxy) is 1. The number of amides is 2. The van der Waals surface area contributed by atoms with Crippen molar-refractivity contribution in [1.29, 1.82) is 0 Å². The Hall–Kier alpha value is -2.83. The van der Waals surface area contributed by atoms with E-state index in [1.807, 2.05) is 44.3 Å². The molecule has 0 aliphatic heterocycles. The number of methoxy groups -OCH3 is 1. The Bertz CT molecular complexity index is 1020. The van der Waals surface area contributed by atoms with E-state index in [9.17, 15) is 14.4 Å². The van der Waals surface area contributed by atoms with Gasteiger partial charge in [0.05, 0.1) is 7.11 Å². The summed E-state index contributed by atoms with van der Waals surface area (Å²) in [5, 5.41) is 6.91. The fourth-order valence-electron chi connectivity index (χ4n) is 5.47. The molecule has 0 radical (unpaired) electrons. The van der Waals surface area contributed by atoms with Crippen molar-refractivity contribution < 1.29 is 19.1 Å². The SMILES string of the molecule is CCCCCCC1CCC(C(=O)N[C@H](Cc2c[nH]c3ccccc23)C(=O)N[C@@H](C(=O)OC)C(C)C)CC1. The van der Waals surface area contributed by atoms with Crippen LogP contribution < -0.4 is 10.6 Å². The van der Waals surface area contributed by atoms with E-state index in [1.54, 1.807) is 0 Å². The third-order valence-electron chi connectivity index (χ3n) is 7.83. The molecule has 1 fully saturated rings. The molecule has 0 bridgehead atoms. The van der Waals surface area contributed by atoms with Gasteiger partial charge in [0.1, 0.15) is 12.1 Å². The predicted molar refractivity (Wildman–Crippen MR) is 147 cm³/mol. The van der Waals surface area contributed by atoms with Gasteiger partial charge in [0.2, 0.25) is 11.8 Å². The van der Waals surface area contributed by atoms with E-state index in [0.717, 1.165) is 42.1 Å². The van der Waals surface area contributed by atoms with E-state index in [2.05, 4.69) is 22.5 Å². The van der Waals surface area contributed by atoms with Gasteiger partial charge in [-0.25, -0.2) is 4.79 Å². The average molecular weight is 512 g/mol. The zero-order valence-electron chi connectivity index (χ0n) is 23.0. The number of hydrogen-bond acceptors (Lipinski definition) is 4. The lowest BCUT2D eigenvalue weighted by Gasteiger charge is -2.30. The Balaban J connectivity index is 1.68. The molecule has 1 heterocycles. The van der Waals surface area contributed by atoms with Crippen LogP contribution in [0.4, 0.5) is 0 Å². The van der Waals surface area contributed by atoms with E-state index >= 15 is 0 Å². The van der Waals surface area contributed by atoms with Crippen LogP contribution in [-0.4, -0.2) is 42.0 Å². The highest BCUT2D eigenvalue weighted by Crippen LogP contribution is 2.32. The Labute approximate surface area is 221 Å². The third-order valence-corrected chi connectivity index (χ3v) is 7.83. The summed E-state index contributed by atoms with van der Waals surface area (Å²) >= 11 is 0. The van der Waals surface area contributed by atoms with Gasteiger partial charge in [-0.05, 0) is 49.1 Å². The molecule has 1 saturated carbocycles. The van der Waals surface area contributed by atoms with Gasteiger partial charge in [0.25, 0.3) is 0 Å². The van der Waals surface area contributed by atoms with E-state index in [4.69, 9.17) is 4.74 Å². The minimum Gasteiger partial charge on any atom is -0.467 e. The van der Waals surface area contributed by atoms with Gasteiger partial charge in [0.15, 0.2) is 0 Å². The monoisotopic (exact) mass is 511 g/mol. The van der Waals surface area contributed by atoms with Crippen molar-refractivity contribution in [3.05, 3.63) is 36.0 Å². The number of aromatic amines is 1. The van der Waals surface area contributed by atoms with E-state index in [-0.39, 0.29) is 23.7 Å². The van der Waals surface area contributed by atoms with Crippen LogP contribution >= 0.6 is 0 Å². The predicted octanol–water partition coefficient (Wildman–Crippen LogP) is 5.29. The Morgan fingerprint density at radius 2 is 1.76 bits per heavy atom. The summed E-state index contributed by atoms with van der Waals surface area (Å²) < 4.78 is 4.90. The number of aromatic nitrogens is 1. The van der Waals surface area contributed by atoms with Gasteiger partial charge >= 0.3 is 5.97 Å². The van der Waals surface area contributed by atoms with Crippen LogP contribution in [0.3, 0.4) is 0 Å². The Morgan fingerprint density at radius 1 is 1.03 bits per heavy atom. The first-order chi connectivity index (χ1) is 17.8. The quantitative estimate of drug-likeness (QED) is 0.251. The average Bonchev–Trinajstić information content (AvgIpc) is 3.31. The molecule has 7 nitrogen and oxygen atoms in total. The number of carbonyl (C=O) groups excluding carboxylic acids is 3. The minimum absolute atomic E-state index is 0.0661. The molecule has 2 amide bonds. The van der Waals surface area contributed by atoms with Crippen LogP contribution in [0.2, 0.25) is 0 Å². The van der Waals surface area contributed by atoms with Crippen LogP contribution in [0.5, 0.6) is 0 Å². The highest BCUT2D eigenvalue weighted by Gasteiger charge is 2.32. The number of rotatable bonds is 13. The molecule has 1 aromatic carbocycles. The second-order valence-corrected chi connectivity index (χ2v) is 10.9. The largest absolute Gasteiger partial charge is 0.467 e. The number of carbonyl (C=O) groups is 3. The second-order valence-electron chi connectivity index (χ2n) is 10.9. The van der Waals surface area contributed by atoms with Crippen LogP contribution in [0.25, 0.3) is 10.9 Å². The zero-order chi connectivity index (χ0) is 26.8. The topological polar surface area (TPSA) is 100 Å². The number of hydrogen-bond donors (Lipinski definition) is 3. The van der Waals surface area contributed by atoms with Gasteiger partial charge in [-0.1, -0.05) is 71.1 Å². The minimum atomic E-state index is -0.788. The second kappa shape index (κ2) is 14.2. The van der Waals surface area contributed by atoms with Crippen molar-refractivity contribution in [3.8, 4) is 0 Å². The summed E-state index contributed by atoms with van der Waals surface area (Å²) in [5.41, 5.74) is 1.93. The summed E-state index contributed by atoms with van der Waals surface area (Å²) in [6, 6.07) is 6.34.